The summed E-state index contributed by atoms with van der Waals surface area (Å²) in [6.07, 6.45) is 39.3. The molecule has 0 saturated heterocycles. The molecule has 8 nitrogen and oxygen atoms in total. The maximum Gasteiger partial charge on any atom is 0.587 e. The van der Waals surface area contributed by atoms with Crippen LogP contribution in [-0.2, 0) is 28.2 Å². The third kappa shape index (κ3) is 30.6. The molecule has 0 bridgehead atoms. The van der Waals surface area contributed by atoms with E-state index in [9.17, 15) is 14.2 Å². The van der Waals surface area contributed by atoms with Crippen molar-refractivity contribution in [2.75, 3.05) is 13.2 Å². The molecule has 0 saturated carbocycles. The molecule has 0 amide bonds. The van der Waals surface area contributed by atoms with Crippen LogP contribution in [-0.4, -0.2) is 31.3 Å². The summed E-state index contributed by atoms with van der Waals surface area (Å²) in [5.41, 5.74) is 0. The van der Waals surface area contributed by atoms with E-state index in [0.29, 0.717) is 17.9 Å². The van der Waals surface area contributed by atoms with Crippen LogP contribution in [0, 0.1) is 0 Å². The number of carbonyl (C=O) groups is 2. The molecule has 338 valence electrons. The minimum atomic E-state index is -4.25. The highest BCUT2D eigenvalue weighted by molar-refractivity contribution is 7.49. The van der Waals surface area contributed by atoms with Crippen molar-refractivity contribution in [3.8, 4) is 11.5 Å². The first-order valence-electron chi connectivity index (χ1n) is 23.8. The second kappa shape index (κ2) is 37.4. The van der Waals surface area contributed by atoms with Crippen LogP contribution in [0.1, 0.15) is 194 Å². The highest BCUT2D eigenvalue weighted by atomic mass is 31.2. The van der Waals surface area contributed by atoms with Crippen LogP contribution in [0.2, 0.25) is 0 Å². The number of para-hydroxylation sites is 2. The summed E-state index contributed by atoms with van der Waals surface area (Å²) in [5.74, 6) is -0.200. The van der Waals surface area contributed by atoms with Gasteiger partial charge in [0.25, 0.3) is 0 Å². The summed E-state index contributed by atoms with van der Waals surface area (Å²) in [5, 5.41) is 0. The van der Waals surface area contributed by atoms with Gasteiger partial charge in [-0.15, -0.1) is 0 Å². The number of ether oxygens (including phenoxy) is 2. The van der Waals surface area contributed by atoms with Crippen molar-refractivity contribution in [1.29, 1.82) is 0 Å². The maximum atomic E-state index is 14.0. The average Bonchev–Trinajstić information content (AvgIpc) is 3.25. The first-order valence-corrected chi connectivity index (χ1v) is 25.3. The fraction of sp³-hybridized carbons (Fsp3) is 0.647. The molecule has 0 aliphatic rings. The van der Waals surface area contributed by atoms with E-state index < -0.39 is 19.9 Å². The molecule has 0 radical (unpaired) electrons. The van der Waals surface area contributed by atoms with Crippen LogP contribution in [0.3, 0.4) is 0 Å². The lowest BCUT2D eigenvalue weighted by Gasteiger charge is -2.22. The van der Waals surface area contributed by atoms with E-state index in [1.54, 1.807) is 48.5 Å². The van der Waals surface area contributed by atoms with Gasteiger partial charge in [-0.1, -0.05) is 177 Å². The lowest BCUT2D eigenvalue weighted by molar-refractivity contribution is -0.161. The highest BCUT2D eigenvalue weighted by Crippen LogP contribution is 2.49. The van der Waals surface area contributed by atoms with Crippen LogP contribution in [0.4, 0.5) is 0 Å². The van der Waals surface area contributed by atoms with Gasteiger partial charge in [0.1, 0.15) is 24.7 Å². The van der Waals surface area contributed by atoms with Gasteiger partial charge in [0.15, 0.2) is 6.10 Å². The Morgan fingerprint density at radius 3 is 1.27 bits per heavy atom. The smallest absolute Gasteiger partial charge is 0.462 e. The number of allylic oxidation sites excluding steroid dienone is 4. The Labute approximate surface area is 365 Å². The van der Waals surface area contributed by atoms with Gasteiger partial charge in [-0.05, 0) is 88.5 Å². The zero-order valence-corrected chi connectivity index (χ0v) is 38.5. The van der Waals surface area contributed by atoms with Gasteiger partial charge in [-0.25, -0.2) is 4.57 Å². The van der Waals surface area contributed by atoms with Crippen molar-refractivity contribution in [3.05, 3.63) is 85.0 Å². The Balaban J connectivity index is 1.78. The Hall–Kier alpha value is -3.35. The highest BCUT2D eigenvalue weighted by Gasteiger charge is 2.33. The fourth-order valence-corrected chi connectivity index (χ4v) is 8.02. The minimum Gasteiger partial charge on any atom is -0.462 e. The number of benzene rings is 2. The summed E-state index contributed by atoms with van der Waals surface area (Å²) >= 11 is 0. The quantitative estimate of drug-likeness (QED) is 0.0283. The van der Waals surface area contributed by atoms with Gasteiger partial charge in [0.2, 0.25) is 0 Å². The van der Waals surface area contributed by atoms with Crippen molar-refractivity contribution in [2.45, 2.75) is 200 Å². The van der Waals surface area contributed by atoms with Gasteiger partial charge in [0.05, 0.1) is 0 Å². The Morgan fingerprint density at radius 1 is 0.483 bits per heavy atom. The lowest BCUT2D eigenvalue weighted by atomic mass is 10.1. The van der Waals surface area contributed by atoms with Crippen LogP contribution in [0.25, 0.3) is 0 Å². The molecule has 0 aromatic heterocycles. The average molecular weight is 853 g/mol. The normalized spacial score (nSPS) is 12.2. The lowest BCUT2D eigenvalue weighted by Crippen LogP contribution is -2.30. The second-order valence-electron chi connectivity index (χ2n) is 16.0. The van der Waals surface area contributed by atoms with E-state index in [-0.39, 0.29) is 32.0 Å². The third-order valence-electron chi connectivity index (χ3n) is 10.4. The molecule has 2 aromatic rings. The molecule has 0 aliphatic heterocycles. The summed E-state index contributed by atoms with van der Waals surface area (Å²) in [7, 11) is -4.25. The van der Waals surface area contributed by atoms with Gasteiger partial charge >= 0.3 is 19.8 Å². The molecule has 0 unspecified atom stereocenters. The predicted molar refractivity (Wildman–Crippen MR) is 247 cm³/mol. The zero-order valence-electron chi connectivity index (χ0n) is 37.6. The van der Waals surface area contributed by atoms with E-state index >= 15 is 0 Å². The largest absolute Gasteiger partial charge is 0.587 e. The number of rotatable bonds is 40. The molecule has 1 atom stereocenters. The summed E-state index contributed by atoms with van der Waals surface area (Å²) in [6, 6.07) is 17.2. The number of unbranched alkanes of at least 4 members (excludes halogenated alkanes) is 22. The van der Waals surface area contributed by atoms with Crippen molar-refractivity contribution in [1.82, 2.24) is 0 Å². The van der Waals surface area contributed by atoms with E-state index in [1.165, 1.54) is 89.9 Å². The topological polar surface area (TPSA) is 97.4 Å². The molecule has 0 aliphatic carbocycles. The number of hydrogen-bond donors (Lipinski definition) is 0. The number of esters is 2. The summed E-state index contributed by atoms with van der Waals surface area (Å²) in [6.45, 7) is 3.93. The van der Waals surface area contributed by atoms with Crippen LogP contribution >= 0.6 is 7.82 Å². The molecule has 0 heterocycles. The van der Waals surface area contributed by atoms with E-state index in [2.05, 4.69) is 38.2 Å². The first kappa shape index (κ1) is 52.8. The summed E-state index contributed by atoms with van der Waals surface area (Å²) in [4.78, 5) is 25.8. The van der Waals surface area contributed by atoms with E-state index in [0.717, 1.165) is 70.6 Å². The number of phosphoric ester groups is 1. The molecule has 9 heteroatoms. The third-order valence-corrected chi connectivity index (χ3v) is 11.7. The SMILES string of the molecule is CCCCCCCC/C=C\CCCCCCCC(=O)OC[C@H](COP(=O)(Oc1ccccc1)Oc1ccccc1)OC(=O)CCCCCCC/C=C\CCCCCCCC. The van der Waals surface area contributed by atoms with Crippen molar-refractivity contribution < 1.29 is 37.2 Å². The van der Waals surface area contributed by atoms with Crippen LogP contribution in [0.5, 0.6) is 11.5 Å². The standard InChI is InChI=1S/C51H81O8P/c1-3-5-7-9-11-13-15-17-19-21-23-25-27-29-37-43-50(52)55-45-49(46-56-60(54,58-47-39-33-31-34-40-47)59-48-41-35-32-36-42-48)57-51(53)44-38-30-28-26-24-22-20-18-16-14-12-10-8-6-4-2/h17-20,31-36,39-42,49H,3-16,21-30,37-38,43-46H2,1-2H3/b19-17-,20-18-/t49-/m1/s1. The van der Waals surface area contributed by atoms with Crippen molar-refractivity contribution in [2.24, 2.45) is 0 Å². The van der Waals surface area contributed by atoms with E-state index in [1.807, 2.05) is 12.1 Å². The minimum absolute atomic E-state index is 0.224. The fourth-order valence-electron chi connectivity index (χ4n) is 6.77. The Kier molecular flexibility index (Phi) is 32.9. The molecular weight excluding hydrogens is 772 g/mol. The van der Waals surface area contributed by atoms with Crippen molar-refractivity contribution >= 4 is 19.8 Å². The molecule has 2 rings (SSSR count). The number of hydrogen-bond acceptors (Lipinski definition) is 8. The second-order valence-corrected chi connectivity index (χ2v) is 17.5. The van der Waals surface area contributed by atoms with Gasteiger partial charge in [-0.2, -0.15) is 0 Å². The van der Waals surface area contributed by atoms with Gasteiger partial charge < -0.3 is 18.5 Å². The summed E-state index contributed by atoms with van der Waals surface area (Å²) < 4.78 is 42.6. The molecular formula is C51H81O8P. The Bertz CT molecular complexity index is 1370. The molecule has 2 aromatic carbocycles. The van der Waals surface area contributed by atoms with Crippen LogP contribution < -0.4 is 9.05 Å². The predicted octanol–water partition coefficient (Wildman–Crippen LogP) is 15.8. The molecule has 0 fully saturated rings. The zero-order chi connectivity index (χ0) is 43.0. The first-order chi connectivity index (χ1) is 29.4. The van der Waals surface area contributed by atoms with Crippen molar-refractivity contribution in [3.63, 3.8) is 0 Å². The van der Waals surface area contributed by atoms with Gasteiger partial charge in [-0.3, -0.25) is 14.1 Å². The van der Waals surface area contributed by atoms with Gasteiger partial charge in [0, 0.05) is 12.8 Å². The molecule has 0 spiro atoms. The monoisotopic (exact) mass is 853 g/mol. The Morgan fingerprint density at radius 2 is 0.850 bits per heavy atom. The molecule has 0 N–H and O–H groups in total. The van der Waals surface area contributed by atoms with Crippen LogP contribution in [0.15, 0.2) is 85.0 Å². The maximum absolute atomic E-state index is 14.0. The number of carbonyl (C=O) groups excluding carboxylic acids is 2. The van der Waals surface area contributed by atoms with E-state index in [4.69, 9.17) is 23.0 Å². The molecule has 60 heavy (non-hydrogen) atoms. The number of phosphoric acid groups is 1.